The maximum atomic E-state index is 13.9. The van der Waals surface area contributed by atoms with Gasteiger partial charge in [-0.05, 0) is 25.1 Å². The number of carbonyl (C=O) groups is 6. The molecule has 57 heavy (non-hydrogen) atoms. The van der Waals surface area contributed by atoms with Crippen LogP contribution in [-0.2, 0) is 35.0 Å². The minimum atomic E-state index is -5.32. The summed E-state index contributed by atoms with van der Waals surface area (Å²) < 4.78 is 61.3. The van der Waals surface area contributed by atoms with Gasteiger partial charge in [0.25, 0.3) is 5.91 Å². The first-order valence-corrected chi connectivity index (χ1v) is 17.3. The molecule has 19 heteroatoms. The van der Waals surface area contributed by atoms with Gasteiger partial charge in [-0.25, -0.2) is 0 Å². The predicted molar refractivity (Wildman–Crippen MR) is 184 cm³/mol. The van der Waals surface area contributed by atoms with Crippen molar-refractivity contribution in [1.82, 2.24) is 10.6 Å². The Morgan fingerprint density at radius 3 is 2.32 bits per heavy atom. The van der Waals surface area contributed by atoms with Crippen molar-refractivity contribution in [2.45, 2.75) is 68.6 Å². The number of rotatable bonds is 10. The van der Waals surface area contributed by atoms with Crippen molar-refractivity contribution in [2.75, 3.05) is 20.3 Å². The van der Waals surface area contributed by atoms with Crippen LogP contribution in [0, 0.1) is 0 Å². The molecule has 3 aromatic carbocycles. The van der Waals surface area contributed by atoms with Gasteiger partial charge in [-0.15, -0.1) is 0 Å². The quantitative estimate of drug-likeness (QED) is 0.0989. The molecule has 6 rings (SSSR count). The first-order chi connectivity index (χ1) is 26.9. The third-order valence-corrected chi connectivity index (χ3v) is 9.98. The van der Waals surface area contributed by atoms with Gasteiger partial charge in [-0.1, -0.05) is 30.3 Å². The lowest BCUT2D eigenvalue weighted by molar-refractivity contribution is -0.250. The average Bonchev–Trinajstić information content (AvgIpc) is 3.17. The van der Waals surface area contributed by atoms with Crippen molar-refractivity contribution in [3.63, 3.8) is 0 Å². The number of aromatic hydroxyl groups is 2. The Bertz CT molecular complexity index is 2160. The van der Waals surface area contributed by atoms with Gasteiger partial charge in [0.2, 0.25) is 11.6 Å². The monoisotopic (exact) mass is 800 g/mol. The van der Waals surface area contributed by atoms with Crippen molar-refractivity contribution < 1.29 is 81.3 Å². The van der Waals surface area contributed by atoms with Crippen molar-refractivity contribution >= 4 is 35.1 Å². The largest absolute Gasteiger partial charge is 0.507 e. The zero-order chi connectivity index (χ0) is 41.6. The lowest BCUT2D eigenvalue weighted by Gasteiger charge is -2.43. The Labute approximate surface area is 320 Å². The summed E-state index contributed by atoms with van der Waals surface area (Å²) in [6, 6.07) is 10.3. The molecular formula is C38H35F3N2O14. The molecule has 16 nitrogen and oxygen atoms in total. The second-order valence-electron chi connectivity index (χ2n) is 13.6. The lowest BCUT2D eigenvalue weighted by atomic mass is 9.72. The van der Waals surface area contributed by atoms with Gasteiger partial charge in [-0.3, -0.25) is 28.8 Å². The minimum Gasteiger partial charge on any atom is -0.507 e. The van der Waals surface area contributed by atoms with Gasteiger partial charge in [0.05, 0.1) is 42.0 Å². The fourth-order valence-electron chi connectivity index (χ4n) is 7.14. The third-order valence-electron chi connectivity index (χ3n) is 9.98. The number of ketones is 3. The molecule has 0 aromatic heterocycles. The van der Waals surface area contributed by atoms with Crippen LogP contribution < -0.4 is 15.4 Å². The molecule has 302 valence electrons. The number of phenolic OH excluding ortho intramolecular Hbond substituents is 2. The van der Waals surface area contributed by atoms with Crippen molar-refractivity contribution in [2.24, 2.45) is 0 Å². The molecule has 1 aliphatic heterocycles. The number of alkyl halides is 3. The smallest absolute Gasteiger partial charge is 0.471 e. The molecule has 0 spiro atoms. The number of Topliss-reactive ketones (excluding diaryl/α,β-unsaturated/α-hetero) is 1. The number of aliphatic hydroxyl groups excluding tert-OH is 1. The summed E-state index contributed by atoms with van der Waals surface area (Å²) in [7, 11) is 1.24. The molecule has 1 heterocycles. The van der Waals surface area contributed by atoms with Crippen LogP contribution in [0.25, 0.3) is 0 Å². The van der Waals surface area contributed by atoms with Crippen molar-refractivity contribution in [3.8, 4) is 17.2 Å². The highest BCUT2D eigenvalue weighted by molar-refractivity contribution is 6.31. The van der Waals surface area contributed by atoms with E-state index in [2.05, 4.69) is 5.32 Å². The standard InChI is InChI=1S/C38H35F3N2O14/c1-16-30(46)20(43-36(52)38(39,40)41)11-25(56-16)57-22-13-37(53,23(44)15-55-24(45)14-42-35(51)17-7-4-3-5-8-17)12-19-27(22)34(50)29-28(32(19)48)31(47)18-9-6-10-21(54-2)26(18)33(29)49/h3-10,16,20,22,25,30,46,48,50,53H,11-15H2,1-2H3,(H,42,51)(H,43,52)/t16?,20?,22-,25?,30?,37-/m0/s1. The van der Waals surface area contributed by atoms with E-state index in [0.29, 0.717) is 0 Å². The van der Waals surface area contributed by atoms with Crippen LogP contribution in [0.2, 0.25) is 0 Å². The van der Waals surface area contributed by atoms with Gasteiger partial charge in [-0.2, -0.15) is 13.2 Å². The molecule has 0 bridgehead atoms. The lowest BCUT2D eigenvalue weighted by Crippen LogP contribution is -2.57. The number of hydrogen-bond donors (Lipinski definition) is 6. The molecule has 3 aliphatic rings. The van der Waals surface area contributed by atoms with E-state index >= 15 is 0 Å². The topological polar surface area (TPSA) is 244 Å². The summed E-state index contributed by atoms with van der Waals surface area (Å²) in [4.78, 5) is 78.1. The van der Waals surface area contributed by atoms with Gasteiger partial charge in [0.1, 0.15) is 35.5 Å². The van der Waals surface area contributed by atoms with E-state index in [1.54, 1.807) is 23.5 Å². The number of amides is 2. The highest BCUT2D eigenvalue weighted by Gasteiger charge is 2.51. The molecule has 1 saturated heterocycles. The van der Waals surface area contributed by atoms with E-state index in [-0.39, 0.29) is 22.4 Å². The van der Waals surface area contributed by atoms with Gasteiger partial charge >= 0.3 is 18.1 Å². The van der Waals surface area contributed by atoms with Gasteiger partial charge < -0.3 is 50.0 Å². The summed E-state index contributed by atoms with van der Waals surface area (Å²) in [5.41, 5.74) is -5.01. The molecule has 0 radical (unpaired) electrons. The Morgan fingerprint density at radius 2 is 1.65 bits per heavy atom. The number of carbonyl (C=O) groups excluding carboxylic acids is 6. The average molecular weight is 801 g/mol. The van der Waals surface area contributed by atoms with E-state index in [4.69, 9.17) is 18.9 Å². The third kappa shape index (κ3) is 7.78. The molecule has 0 saturated carbocycles. The van der Waals surface area contributed by atoms with Crippen LogP contribution in [-0.4, -0.2) is 112 Å². The maximum absolute atomic E-state index is 13.9. The Hall–Kier alpha value is -5.89. The number of fused-ring (bicyclic) bond motifs is 3. The number of benzene rings is 3. The number of methoxy groups -OCH3 is 1. The molecule has 6 atom stereocenters. The number of aliphatic hydroxyl groups is 2. The van der Waals surface area contributed by atoms with Crippen molar-refractivity contribution in [1.29, 1.82) is 0 Å². The summed E-state index contributed by atoms with van der Waals surface area (Å²) in [6.07, 6.45) is -13.9. The molecule has 3 aromatic rings. The summed E-state index contributed by atoms with van der Waals surface area (Å²) in [5, 5.41) is 49.8. The van der Waals surface area contributed by atoms with Crippen molar-refractivity contribution in [3.05, 3.63) is 87.5 Å². The van der Waals surface area contributed by atoms with E-state index in [1.807, 2.05) is 0 Å². The highest BCUT2D eigenvalue weighted by atomic mass is 19.4. The van der Waals surface area contributed by atoms with Gasteiger partial charge in [0, 0.05) is 41.5 Å². The number of nitrogens with one attached hydrogen (secondary N) is 2. The number of esters is 1. The van der Waals surface area contributed by atoms with Crippen LogP contribution in [0.5, 0.6) is 17.2 Å². The Morgan fingerprint density at radius 1 is 0.965 bits per heavy atom. The van der Waals surface area contributed by atoms with Crippen LogP contribution in [0.3, 0.4) is 0 Å². The zero-order valence-corrected chi connectivity index (χ0v) is 30.0. The number of hydrogen-bond acceptors (Lipinski definition) is 14. The van der Waals surface area contributed by atoms with Crippen LogP contribution >= 0.6 is 0 Å². The summed E-state index contributed by atoms with van der Waals surface area (Å²) >= 11 is 0. The van der Waals surface area contributed by atoms with E-state index in [0.717, 1.165) is 0 Å². The number of ether oxygens (including phenoxy) is 4. The van der Waals surface area contributed by atoms with Crippen LogP contribution in [0.1, 0.15) is 79.2 Å². The number of halogens is 3. The summed E-state index contributed by atoms with van der Waals surface area (Å²) in [6.45, 7) is -0.505. The molecule has 6 N–H and O–H groups in total. The normalized spacial score (nSPS) is 24.0. The number of phenols is 2. The SMILES string of the molecule is COc1cccc2c1C(=O)c1c(O)c3c(c(O)c1C2=O)C[C@@](O)(C(=O)COC(=O)CNC(=O)c1ccccc1)C[C@@H]3OC1CC(NC(=O)C(F)(F)F)C(O)C(C)O1. The molecule has 4 unspecified atom stereocenters. The molecule has 1 fully saturated rings. The first-order valence-electron chi connectivity index (χ1n) is 17.3. The maximum Gasteiger partial charge on any atom is 0.471 e. The summed E-state index contributed by atoms with van der Waals surface area (Å²) in [5.74, 6) is -9.00. The predicted octanol–water partition coefficient (Wildman–Crippen LogP) is 1.70. The highest BCUT2D eigenvalue weighted by Crippen LogP contribution is 2.52. The molecule has 2 aliphatic carbocycles. The molecule has 2 amide bonds. The second kappa shape index (κ2) is 15.6. The van der Waals surface area contributed by atoms with E-state index in [9.17, 15) is 62.4 Å². The Kier molecular flexibility index (Phi) is 11.1. The van der Waals surface area contributed by atoms with Crippen LogP contribution in [0.4, 0.5) is 13.2 Å². The second-order valence-corrected chi connectivity index (χ2v) is 13.6. The van der Waals surface area contributed by atoms with E-state index in [1.165, 1.54) is 44.4 Å². The Balaban J connectivity index is 1.33. The fraction of sp³-hybridized carbons (Fsp3) is 0.368. The zero-order valence-electron chi connectivity index (χ0n) is 30.0. The minimum absolute atomic E-state index is 0.0369. The fourth-order valence-corrected chi connectivity index (χ4v) is 7.14. The molecular weight excluding hydrogens is 765 g/mol. The van der Waals surface area contributed by atoms with Crippen LogP contribution in [0.15, 0.2) is 48.5 Å². The first kappa shape index (κ1) is 40.8. The van der Waals surface area contributed by atoms with E-state index < -0.39 is 144 Å². The van der Waals surface area contributed by atoms with Gasteiger partial charge in [0.15, 0.2) is 18.7 Å².